The summed E-state index contributed by atoms with van der Waals surface area (Å²) in [5, 5.41) is 10.8. The fourth-order valence-electron chi connectivity index (χ4n) is 1.38. The highest BCUT2D eigenvalue weighted by Gasteiger charge is 2.21. The Morgan fingerprint density at radius 1 is 1.39 bits per heavy atom. The molecule has 0 N–H and O–H groups in total. The van der Waals surface area contributed by atoms with E-state index in [1.807, 2.05) is 0 Å². The summed E-state index contributed by atoms with van der Waals surface area (Å²) in [5.74, 6) is 0.620. The number of halogens is 1. The molecule has 7 nitrogen and oxygen atoms in total. The second-order valence-corrected chi connectivity index (χ2v) is 3.69. The van der Waals surface area contributed by atoms with Crippen LogP contribution in [0.1, 0.15) is 0 Å². The van der Waals surface area contributed by atoms with Gasteiger partial charge in [-0.05, 0) is 23.7 Å². The van der Waals surface area contributed by atoms with E-state index in [1.54, 1.807) is 31.4 Å². The van der Waals surface area contributed by atoms with Gasteiger partial charge in [-0.1, -0.05) is 6.07 Å². The third-order valence-electron chi connectivity index (χ3n) is 2.23. The van der Waals surface area contributed by atoms with Crippen LogP contribution < -0.4 is 4.90 Å². The Labute approximate surface area is 107 Å². The van der Waals surface area contributed by atoms with E-state index in [9.17, 15) is 10.1 Å². The van der Waals surface area contributed by atoms with Crippen LogP contribution in [0.25, 0.3) is 0 Å². The van der Waals surface area contributed by atoms with Crippen molar-refractivity contribution >= 4 is 28.9 Å². The molecule has 0 bridgehead atoms. The average Bonchev–Trinajstić information content (AvgIpc) is 2.38. The van der Waals surface area contributed by atoms with Crippen LogP contribution in [0.15, 0.2) is 30.6 Å². The van der Waals surface area contributed by atoms with Gasteiger partial charge < -0.3 is 4.90 Å². The maximum absolute atomic E-state index is 10.9. The molecule has 0 saturated carbocycles. The van der Waals surface area contributed by atoms with Gasteiger partial charge in [0.15, 0.2) is 0 Å². The molecule has 0 fully saturated rings. The molecule has 2 aromatic rings. The number of hydrogen-bond donors (Lipinski definition) is 0. The van der Waals surface area contributed by atoms with Gasteiger partial charge in [0.2, 0.25) is 11.1 Å². The molecule has 0 atom stereocenters. The highest BCUT2D eigenvalue weighted by molar-refractivity contribution is 6.28. The Balaban J connectivity index is 2.50. The monoisotopic (exact) mass is 265 g/mol. The molecule has 0 aliphatic carbocycles. The summed E-state index contributed by atoms with van der Waals surface area (Å²) in [6.45, 7) is 0. The first-order valence-electron chi connectivity index (χ1n) is 4.91. The summed E-state index contributed by atoms with van der Waals surface area (Å²) in [7, 11) is 1.62. The topological polar surface area (TPSA) is 85.0 Å². The highest BCUT2D eigenvalue weighted by atomic mass is 35.5. The normalized spacial score (nSPS) is 10.1. The van der Waals surface area contributed by atoms with Crippen molar-refractivity contribution in [1.82, 2.24) is 15.0 Å². The Morgan fingerprint density at radius 3 is 2.78 bits per heavy atom. The van der Waals surface area contributed by atoms with Crippen LogP contribution in [-0.4, -0.2) is 26.9 Å². The number of rotatable bonds is 3. The van der Waals surface area contributed by atoms with Crippen LogP contribution in [0.2, 0.25) is 5.28 Å². The Morgan fingerprint density at radius 2 is 2.17 bits per heavy atom. The van der Waals surface area contributed by atoms with Crippen molar-refractivity contribution in [3.05, 3.63) is 46.0 Å². The van der Waals surface area contributed by atoms with Gasteiger partial charge in [-0.2, -0.15) is 4.98 Å². The van der Waals surface area contributed by atoms with E-state index in [0.717, 1.165) is 6.20 Å². The number of nitrogens with zero attached hydrogens (tertiary/aromatic N) is 5. The first-order valence-corrected chi connectivity index (χ1v) is 5.29. The largest absolute Gasteiger partial charge is 0.330 e. The molecule has 0 aromatic carbocycles. The SMILES string of the molecule is CN(c1ccccn1)c1nc(Cl)ncc1[N+](=O)[O-]. The van der Waals surface area contributed by atoms with Crippen LogP contribution in [0, 0.1) is 10.1 Å². The standard InChI is InChI=1S/C10H8ClN5O2/c1-15(8-4-2-3-5-12-8)9-7(16(17)18)6-13-10(11)14-9/h2-6H,1H3. The Bertz CT molecular complexity index is 578. The zero-order valence-corrected chi connectivity index (χ0v) is 10.1. The third kappa shape index (κ3) is 2.35. The highest BCUT2D eigenvalue weighted by Crippen LogP contribution is 2.29. The lowest BCUT2D eigenvalue weighted by Crippen LogP contribution is -2.15. The van der Waals surface area contributed by atoms with E-state index in [1.165, 1.54) is 4.90 Å². The van der Waals surface area contributed by atoms with Gasteiger partial charge >= 0.3 is 5.69 Å². The van der Waals surface area contributed by atoms with Crippen molar-refractivity contribution < 1.29 is 4.92 Å². The quantitative estimate of drug-likeness (QED) is 0.480. The second-order valence-electron chi connectivity index (χ2n) is 3.35. The van der Waals surface area contributed by atoms with Crippen molar-refractivity contribution in [2.24, 2.45) is 0 Å². The van der Waals surface area contributed by atoms with Crippen molar-refractivity contribution in [2.75, 3.05) is 11.9 Å². The summed E-state index contributed by atoms with van der Waals surface area (Å²) in [6, 6.07) is 5.23. The Kier molecular flexibility index (Phi) is 3.33. The lowest BCUT2D eigenvalue weighted by Gasteiger charge is -2.16. The van der Waals surface area contributed by atoms with Gasteiger partial charge in [-0.3, -0.25) is 10.1 Å². The Hall–Kier alpha value is -2.28. The first kappa shape index (κ1) is 12.2. The van der Waals surface area contributed by atoms with E-state index in [0.29, 0.717) is 5.82 Å². The van der Waals surface area contributed by atoms with Crippen molar-refractivity contribution in [3.63, 3.8) is 0 Å². The molecule has 0 aliphatic heterocycles. The number of nitro groups is 1. The van der Waals surface area contributed by atoms with Crippen LogP contribution in [0.3, 0.4) is 0 Å². The zero-order valence-electron chi connectivity index (χ0n) is 9.32. The molecular weight excluding hydrogens is 258 g/mol. The summed E-state index contributed by atoms with van der Waals surface area (Å²) in [6.07, 6.45) is 2.66. The third-order valence-corrected chi connectivity index (χ3v) is 2.41. The lowest BCUT2D eigenvalue weighted by molar-refractivity contribution is -0.384. The van der Waals surface area contributed by atoms with Gasteiger partial charge in [-0.25, -0.2) is 9.97 Å². The molecule has 0 aliphatic rings. The minimum absolute atomic E-state index is 0.0571. The molecule has 18 heavy (non-hydrogen) atoms. The van der Waals surface area contributed by atoms with Crippen molar-refractivity contribution in [1.29, 1.82) is 0 Å². The van der Waals surface area contributed by atoms with Crippen LogP contribution in [0.4, 0.5) is 17.3 Å². The summed E-state index contributed by atoms with van der Waals surface area (Å²) < 4.78 is 0. The molecule has 0 unspecified atom stereocenters. The van der Waals surface area contributed by atoms with E-state index >= 15 is 0 Å². The molecular formula is C10H8ClN5O2. The lowest BCUT2D eigenvalue weighted by atomic mass is 10.4. The molecule has 0 amide bonds. The number of aromatic nitrogens is 3. The van der Waals surface area contributed by atoms with Gasteiger partial charge in [0.25, 0.3) is 0 Å². The van der Waals surface area contributed by atoms with Crippen LogP contribution in [-0.2, 0) is 0 Å². The minimum Gasteiger partial charge on any atom is -0.308 e. The van der Waals surface area contributed by atoms with E-state index in [2.05, 4.69) is 15.0 Å². The van der Waals surface area contributed by atoms with Crippen LogP contribution >= 0.6 is 11.6 Å². The molecule has 0 spiro atoms. The first-order chi connectivity index (χ1) is 8.59. The fourth-order valence-corrected chi connectivity index (χ4v) is 1.51. The fraction of sp³-hybridized carbons (Fsp3) is 0.100. The summed E-state index contributed by atoms with van der Waals surface area (Å²) in [4.78, 5) is 23.4. The zero-order chi connectivity index (χ0) is 13.1. The predicted molar refractivity (Wildman–Crippen MR) is 66.0 cm³/mol. The molecule has 2 aromatic heterocycles. The van der Waals surface area contributed by atoms with Crippen molar-refractivity contribution in [3.8, 4) is 0 Å². The molecule has 92 valence electrons. The minimum atomic E-state index is -0.564. The van der Waals surface area contributed by atoms with Gasteiger partial charge in [0.05, 0.1) is 4.92 Å². The number of anilines is 2. The van der Waals surface area contributed by atoms with Gasteiger partial charge in [-0.15, -0.1) is 0 Å². The number of hydrogen-bond acceptors (Lipinski definition) is 6. The maximum atomic E-state index is 10.9. The molecule has 2 rings (SSSR count). The maximum Gasteiger partial charge on any atom is 0.330 e. The van der Waals surface area contributed by atoms with E-state index in [4.69, 9.17) is 11.6 Å². The predicted octanol–water partition coefficient (Wildman–Crippen LogP) is 2.20. The number of pyridine rings is 1. The summed E-state index contributed by atoms with van der Waals surface area (Å²) >= 11 is 5.66. The smallest absolute Gasteiger partial charge is 0.308 e. The molecule has 0 radical (unpaired) electrons. The van der Waals surface area contributed by atoms with E-state index < -0.39 is 4.92 Å². The average molecular weight is 266 g/mol. The van der Waals surface area contributed by atoms with Gasteiger partial charge in [0, 0.05) is 13.2 Å². The second kappa shape index (κ2) is 4.92. The van der Waals surface area contributed by atoms with Gasteiger partial charge in [0.1, 0.15) is 12.0 Å². The van der Waals surface area contributed by atoms with Crippen molar-refractivity contribution in [2.45, 2.75) is 0 Å². The molecule has 0 saturated heterocycles. The van der Waals surface area contributed by atoms with E-state index in [-0.39, 0.29) is 16.8 Å². The molecule has 2 heterocycles. The molecule has 8 heteroatoms. The summed E-state index contributed by atoms with van der Waals surface area (Å²) in [5.41, 5.74) is -0.229. The van der Waals surface area contributed by atoms with Crippen LogP contribution in [0.5, 0.6) is 0 Å².